The van der Waals surface area contributed by atoms with Gasteiger partial charge in [0.1, 0.15) is 10.5 Å². The molecule has 3 heterocycles. The number of aromatic nitrogens is 3. The van der Waals surface area contributed by atoms with Crippen molar-refractivity contribution >= 4 is 40.8 Å². The Labute approximate surface area is 185 Å². The van der Waals surface area contributed by atoms with Crippen molar-refractivity contribution < 1.29 is 24.6 Å². The number of amides is 1. The molecule has 1 aromatic carbocycles. The van der Waals surface area contributed by atoms with Crippen LogP contribution in [0.3, 0.4) is 0 Å². The Morgan fingerprint density at radius 2 is 1.97 bits per heavy atom. The number of hydrogen-bond acceptors (Lipinski definition) is 6. The number of benzene rings is 1. The molecule has 1 fully saturated rings. The molecular formula is C20H17ClN4O5S. The molecule has 3 unspecified atom stereocenters. The van der Waals surface area contributed by atoms with Gasteiger partial charge in [0.05, 0.1) is 24.0 Å². The average molecular weight is 461 g/mol. The summed E-state index contributed by atoms with van der Waals surface area (Å²) in [4.78, 5) is 50.8. The first-order chi connectivity index (χ1) is 14.8. The van der Waals surface area contributed by atoms with E-state index < -0.39 is 35.3 Å². The van der Waals surface area contributed by atoms with Gasteiger partial charge in [0.15, 0.2) is 0 Å². The molecule has 0 bridgehead atoms. The molecule has 11 heteroatoms. The number of carbonyl (C=O) groups excluding carboxylic acids is 1. The van der Waals surface area contributed by atoms with Crippen molar-refractivity contribution in [3.63, 3.8) is 0 Å². The monoisotopic (exact) mass is 460 g/mol. The van der Waals surface area contributed by atoms with E-state index in [4.69, 9.17) is 11.6 Å². The predicted molar refractivity (Wildman–Crippen MR) is 111 cm³/mol. The topological polar surface area (TPSA) is 136 Å². The number of carboxylic acid groups (broad SMARTS) is 2. The van der Waals surface area contributed by atoms with Gasteiger partial charge in [0.2, 0.25) is 0 Å². The fourth-order valence-corrected chi connectivity index (χ4v) is 4.99. The summed E-state index contributed by atoms with van der Waals surface area (Å²) in [6.45, 7) is 0. The smallest absolute Gasteiger partial charge is 0.330 e. The van der Waals surface area contributed by atoms with Crippen LogP contribution >= 0.6 is 22.9 Å². The summed E-state index contributed by atoms with van der Waals surface area (Å²) < 4.78 is 0. The number of halogens is 1. The minimum atomic E-state index is -1.83. The first-order valence-electron chi connectivity index (χ1n) is 9.26. The zero-order chi connectivity index (χ0) is 22.2. The van der Waals surface area contributed by atoms with Gasteiger partial charge >= 0.3 is 11.9 Å². The van der Waals surface area contributed by atoms with E-state index in [2.05, 4.69) is 15.0 Å². The standard InChI is InChI=1S/C20H17ClN4O5S/c21-12-3-1-11(2-4-12)17(26)25-15(16-23-5-6-31-16)14(18(27)28)8-20(25,19(29)30)7-13-9-22-10-24-13/h1-6,9-10,14-15H,7-8H2,(H,22,24)(H,27,28)(H,29,30). The molecule has 3 N–H and O–H groups in total. The van der Waals surface area contributed by atoms with Gasteiger partial charge in [0, 0.05) is 34.8 Å². The van der Waals surface area contributed by atoms with Crippen LogP contribution in [0.5, 0.6) is 0 Å². The second-order valence-corrected chi connectivity index (χ2v) is 8.58. The zero-order valence-corrected chi connectivity index (χ0v) is 17.5. The molecule has 0 spiro atoms. The van der Waals surface area contributed by atoms with Gasteiger partial charge in [-0.2, -0.15) is 0 Å². The molecule has 1 saturated heterocycles. The normalized spacial score (nSPS) is 23.1. The Kier molecular flexibility index (Phi) is 5.50. The Bertz CT molecular complexity index is 1100. The van der Waals surface area contributed by atoms with Gasteiger partial charge in [-0.15, -0.1) is 11.3 Å². The minimum absolute atomic E-state index is 0.156. The third kappa shape index (κ3) is 3.68. The fourth-order valence-electron chi connectivity index (χ4n) is 4.07. The van der Waals surface area contributed by atoms with Gasteiger partial charge in [-0.25, -0.2) is 14.8 Å². The molecule has 0 aliphatic carbocycles. The van der Waals surface area contributed by atoms with Crippen molar-refractivity contribution in [1.82, 2.24) is 19.9 Å². The molecular weight excluding hydrogens is 444 g/mol. The number of H-pyrrole nitrogens is 1. The summed E-state index contributed by atoms with van der Waals surface area (Å²) in [7, 11) is 0. The molecule has 9 nitrogen and oxygen atoms in total. The van der Waals surface area contributed by atoms with Crippen molar-refractivity contribution in [2.75, 3.05) is 0 Å². The maximum atomic E-state index is 13.7. The van der Waals surface area contributed by atoms with Gasteiger partial charge < -0.3 is 20.1 Å². The van der Waals surface area contributed by atoms with Crippen LogP contribution in [-0.4, -0.2) is 53.4 Å². The number of nitrogens with zero attached hydrogens (tertiary/aromatic N) is 3. The van der Waals surface area contributed by atoms with Crippen molar-refractivity contribution in [2.45, 2.75) is 24.4 Å². The fraction of sp³-hybridized carbons (Fsp3) is 0.250. The SMILES string of the molecule is O=C(O)C1CC(Cc2c[nH]cn2)(C(=O)O)N(C(=O)c2ccc(Cl)cc2)C1c1nccs1. The molecule has 31 heavy (non-hydrogen) atoms. The number of rotatable bonds is 6. The number of likely N-dealkylation sites (tertiary alicyclic amines) is 1. The molecule has 160 valence electrons. The molecule has 3 aromatic rings. The molecule has 3 atom stereocenters. The van der Waals surface area contributed by atoms with E-state index >= 15 is 0 Å². The maximum Gasteiger partial charge on any atom is 0.330 e. The molecule has 1 aliphatic heterocycles. The Hall–Kier alpha value is -3.24. The van der Waals surface area contributed by atoms with Gasteiger partial charge in [-0.1, -0.05) is 11.6 Å². The summed E-state index contributed by atoms with van der Waals surface area (Å²) >= 11 is 7.11. The Morgan fingerprint density at radius 1 is 1.23 bits per heavy atom. The van der Waals surface area contributed by atoms with E-state index in [1.54, 1.807) is 5.38 Å². The lowest BCUT2D eigenvalue weighted by Crippen LogP contribution is -2.55. The van der Waals surface area contributed by atoms with Crippen LogP contribution < -0.4 is 0 Å². The second kappa shape index (κ2) is 8.12. The Balaban J connectivity index is 1.90. The minimum Gasteiger partial charge on any atom is -0.481 e. The lowest BCUT2D eigenvalue weighted by Gasteiger charge is -2.37. The van der Waals surface area contributed by atoms with Crippen LogP contribution in [0.2, 0.25) is 5.02 Å². The number of nitrogens with one attached hydrogen (secondary N) is 1. The largest absolute Gasteiger partial charge is 0.481 e. The van der Waals surface area contributed by atoms with Crippen molar-refractivity contribution in [1.29, 1.82) is 0 Å². The van der Waals surface area contributed by atoms with Crippen LogP contribution in [0.4, 0.5) is 0 Å². The number of carboxylic acids is 2. The molecule has 0 saturated carbocycles. The van der Waals surface area contributed by atoms with E-state index in [9.17, 15) is 24.6 Å². The number of hydrogen-bond donors (Lipinski definition) is 3. The number of thiazole rings is 1. The van der Waals surface area contributed by atoms with Crippen molar-refractivity contribution in [3.8, 4) is 0 Å². The van der Waals surface area contributed by atoms with Crippen molar-refractivity contribution in [2.24, 2.45) is 5.92 Å². The molecule has 4 rings (SSSR count). The highest BCUT2D eigenvalue weighted by molar-refractivity contribution is 7.09. The molecule has 1 aliphatic rings. The maximum absolute atomic E-state index is 13.7. The van der Waals surface area contributed by atoms with Crippen LogP contribution in [0.15, 0.2) is 48.4 Å². The second-order valence-electron chi connectivity index (χ2n) is 7.22. The van der Waals surface area contributed by atoms with Crippen LogP contribution in [0.25, 0.3) is 0 Å². The average Bonchev–Trinajstić information content (AvgIpc) is 3.48. The number of aliphatic carboxylic acids is 2. The number of aromatic amines is 1. The molecule has 1 amide bonds. The van der Waals surface area contributed by atoms with Crippen LogP contribution in [0.1, 0.15) is 33.5 Å². The summed E-state index contributed by atoms with van der Waals surface area (Å²) in [6.07, 6.45) is 3.99. The van der Waals surface area contributed by atoms with Gasteiger partial charge in [-0.3, -0.25) is 9.59 Å². The molecule has 0 radical (unpaired) electrons. The van der Waals surface area contributed by atoms with E-state index in [1.807, 2.05) is 0 Å². The molecule has 2 aromatic heterocycles. The third-order valence-electron chi connectivity index (χ3n) is 5.44. The highest BCUT2D eigenvalue weighted by Crippen LogP contribution is 2.49. The first-order valence-corrected chi connectivity index (χ1v) is 10.5. The predicted octanol–water partition coefficient (Wildman–Crippen LogP) is 2.87. The van der Waals surface area contributed by atoms with E-state index in [0.717, 1.165) is 4.90 Å². The zero-order valence-electron chi connectivity index (χ0n) is 15.9. The lowest BCUT2D eigenvalue weighted by atomic mass is 9.86. The summed E-state index contributed by atoms with van der Waals surface area (Å²) in [6, 6.07) is 4.97. The van der Waals surface area contributed by atoms with Gasteiger partial charge in [0.25, 0.3) is 5.91 Å². The van der Waals surface area contributed by atoms with Gasteiger partial charge in [-0.05, 0) is 30.7 Å². The lowest BCUT2D eigenvalue weighted by molar-refractivity contribution is -0.149. The quantitative estimate of drug-likeness (QED) is 0.514. The van der Waals surface area contributed by atoms with E-state index in [0.29, 0.717) is 15.7 Å². The summed E-state index contributed by atoms with van der Waals surface area (Å²) in [5, 5.41) is 22.7. The van der Waals surface area contributed by atoms with E-state index in [1.165, 1.54) is 54.3 Å². The number of imidazole rings is 1. The first kappa shape index (κ1) is 21.0. The summed E-state index contributed by atoms with van der Waals surface area (Å²) in [5.41, 5.74) is -1.23. The Morgan fingerprint density at radius 3 is 2.52 bits per heavy atom. The highest BCUT2D eigenvalue weighted by atomic mass is 35.5. The van der Waals surface area contributed by atoms with Crippen molar-refractivity contribution in [3.05, 3.63) is 69.7 Å². The van der Waals surface area contributed by atoms with Crippen LogP contribution in [-0.2, 0) is 16.0 Å². The number of carbonyl (C=O) groups is 3. The van der Waals surface area contributed by atoms with E-state index in [-0.39, 0.29) is 18.4 Å². The highest BCUT2D eigenvalue weighted by Gasteiger charge is 2.61. The third-order valence-corrected chi connectivity index (χ3v) is 6.53. The summed E-state index contributed by atoms with van der Waals surface area (Å²) in [5.74, 6) is -4.27. The van der Waals surface area contributed by atoms with Crippen LogP contribution in [0, 0.1) is 5.92 Å².